The Morgan fingerprint density at radius 3 is 2.89 bits per heavy atom. The highest BCUT2D eigenvalue weighted by atomic mass is 79.9. The van der Waals surface area contributed by atoms with E-state index in [0.29, 0.717) is 5.95 Å². The van der Waals surface area contributed by atoms with Crippen molar-refractivity contribution in [2.45, 2.75) is 6.92 Å². The van der Waals surface area contributed by atoms with Crippen LogP contribution >= 0.6 is 15.9 Å². The highest BCUT2D eigenvalue weighted by molar-refractivity contribution is 9.10. The number of aryl methyl sites for hydroxylation is 1. The fourth-order valence-corrected chi connectivity index (χ4v) is 1.82. The van der Waals surface area contributed by atoms with Crippen LogP contribution in [0, 0.1) is 6.92 Å². The zero-order chi connectivity index (χ0) is 13.1. The monoisotopic (exact) mass is 308 g/mol. The molecule has 94 valence electrons. The van der Waals surface area contributed by atoms with Gasteiger partial charge in [0.25, 0.3) is 0 Å². The molecule has 1 aromatic carbocycles. The van der Waals surface area contributed by atoms with Crippen LogP contribution in [0.1, 0.15) is 11.3 Å². The summed E-state index contributed by atoms with van der Waals surface area (Å²) < 4.78 is 7.63. The number of hydrogen-bond acceptors (Lipinski definition) is 4. The lowest BCUT2D eigenvalue weighted by Gasteiger charge is -2.03. The fourth-order valence-electron chi connectivity index (χ4n) is 1.47. The van der Waals surface area contributed by atoms with Crippen molar-refractivity contribution < 1.29 is 4.74 Å². The van der Waals surface area contributed by atoms with E-state index in [2.05, 4.69) is 26.0 Å². The van der Waals surface area contributed by atoms with Gasteiger partial charge >= 0.3 is 0 Å². The Morgan fingerprint density at radius 1 is 1.50 bits per heavy atom. The van der Waals surface area contributed by atoms with Crippen molar-refractivity contribution in [2.75, 3.05) is 12.8 Å². The van der Waals surface area contributed by atoms with E-state index >= 15 is 0 Å². The Bertz CT molecular complexity index is 592. The van der Waals surface area contributed by atoms with E-state index in [-0.39, 0.29) is 0 Å². The number of ether oxygens (including phenoxy) is 1. The molecule has 0 radical (unpaired) electrons. The third kappa shape index (κ3) is 2.70. The third-order valence-corrected chi connectivity index (χ3v) is 3.08. The van der Waals surface area contributed by atoms with Gasteiger partial charge in [-0.25, -0.2) is 9.66 Å². The molecule has 6 heteroatoms. The second-order valence-electron chi connectivity index (χ2n) is 3.72. The molecule has 18 heavy (non-hydrogen) atoms. The Hall–Kier alpha value is -1.82. The predicted molar refractivity (Wildman–Crippen MR) is 75.1 cm³/mol. The minimum atomic E-state index is 0.364. The Morgan fingerprint density at radius 2 is 2.28 bits per heavy atom. The summed E-state index contributed by atoms with van der Waals surface area (Å²) in [6.45, 7) is 1.86. The Kier molecular flexibility index (Phi) is 3.66. The van der Waals surface area contributed by atoms with E-state index in [9.17, 15) is 0 Å². The molecule has 0 spiro atoms. The lowest BCUT2D eigenvalue weighted by Crippen LogP contribution is -1.97. The molecule has 0 aliphatic rings. The molecular formula is C12H13BrN4O. The molecule has 1 heterocycles. The summed E-state index contributed by atoms with van der Waals surface area (Å²) in [7, 11) is 1.63. The van der Waals surface area contributed by atoms with Crippen LogP contribution in [0.2, 0.25) is 0 Å². The van der Waals surface area contributed by atoms with E-state index in [1.165, 1.54) is 4.68 Å². The largest absolute Gasteiger partial charge is 0.497 e. The number of nitrogens with two attached hydrogens (primary N) is 1. The minimum Gasteiger partial charge on any atom is -0.497 e. The average molecular weight is 309 g/mol. The highest BCUT2D eigenvalue weighted by Crippen LogP contribution is 2.21. The summed E-state index contributed by atoms with van der Waals surface area (Å²) >= 11 is 3.45. The molecule has 1 aromatic heterocycles. The van der Waals surface area contributed by atoms with Gasteiger partial charge in [-0.2, -0.15) is 5.10 Å². The number of rotatable bonds is 3. The van der Waals surface area contributed by atoms with E-state index in [0.717, 1.165) is 21.5 Å². The van der Waals surface area contributed by atoms with Crippen molar-refractivity contribution in [1.29, 1.82) is 0 Å². The smallest absolute Gasteiger partial charge is 0.221 e. The second kappa shape index (κ2) is 5.22. The molecule has 0 amide bonds. The van der Waals surface area contributed by atoms with Gasteiger partial charge in [-0.1, -0.05) is 15.9 Å². The quantitative estimate of drug-likeness (QED) is 0.886. The van der Waals surface area contributed by atoms with Crippen LogP contribution in [0.15, 0.2) is 34.0 Å². The number of nitrogens with zero attached hydrogens (tertiary/aromatic N) is 3. The first-order valence-corrected chi connectivity index (χ1v) is 6.09. The molecule has 5 nitrogen and oxygen atoms in total. The summed E-state index contributed by atoms with van der Waals surface area (Å²) in [6, 6.07) is 5.66. The molecule has 2 rings (SSSR count). The second-order valence-corrected chi connectivity index (χ2v) is 4.57. The van der Waals surface area contributed by atoms with Crippen LogP contribution < -0.4 is 10.5 Å². The molecule has 0 bridgehead atoms. The number of benzene rings is 1. The maximum absolute atomic E-state index is 5.70. The van der Waals surface area contributed by atoms with Crippen LogP contribution in [0.25, 0.3) is 0 Å². The van der Waals surface area contributed by atoms with Crippen molar-refractivity contribution in [3.63, 3.8) is 0 Å². The van der Waals surface area contributed by atoms with Gasteiger partial charge in [-0.3, -0.25) is 0 Å². The summed E-state index contributed by atoms with van der Waals surface area (Å²) in [5, 5.41) is 4.25. The van der Waals surface area contributed by atoms with Gasteiger partial charge in [-0.05, 0) is 25.1 Å². The standard InChI is InChI=1S/C12H13BrN4O/c1-8-7-17(12(14)16-8)15-6-9-5-10(18-2)3-4-11(9)13/h3-7H,1-2H3,(H2,14,16). The molecule has 0 aliphatic carbocycles. The highest BCUT2D eigenvalue weighted by Gasteiger charge is 2.01. The molecule has 0 saturated carbocycles. The molecule has 0 atom stereocenters. The van der Waals surface area contributed by atoms with Gasteiger partial charge in [0.2, 0.25) is 5.95 Å². The third-order valence-electron chi connectivity index (χ3n) is 2.36. The number of halogens is 1. The lowest BCUT2D eigenvalue weighted by atomic mass is 10.2. The molecule has 0 unspecified atom stereocenters. The van der Waals surface area contributed by atoms with Crippen LogP contribution in [-0.2, 0) is 0 Å². The number of hydrogen-bond donors (Lipinski definition) is 1. The molecule has 0 aliphatic heterocycles. The first-order valence-electron chi connectivity index (χ1n) is 5.29. The van der Waals surface area contributed by atoms with Gasteiger partial charge in [0, 0.05) is 10.0 Å². The minimum absolute atomic E-state index is 0.364. The Labute approximate surface area is 113 Å². The summed E-state index contributed by atoms with van der Waals surface area (Å²) in [5.41, 5.74) is 7.43. The van der Waals surface area contributed by atoms with Gasteiger partial charge in [-0.15, -0.1) is 0 Å². The molecular weight excluding hydrogens is 296 g/mol. The van der Waals surface area contributed by atoms with Crippen molar-refractivity contribution >= 4 is 28.1 Å². The number of imidazole rings is 1. The van der Waals surface area contributed by atoms with E-state index in [1.807, 2.05) is 25.1 Å². The maximum atomic E-state index is 5.70. The normalized spacial score (nSPS) is 11.1. The fraction of sp³-hybridized carbons (Fsp3) is 0.167. The molecule has 0 saturated heterocycles. The van der Waals surface area contributed by atoms with Crippen molar-refractivity contribution in [3.05, 3.63) is 40.1 Å². The zero-order valence-electron chi connectivity index (χ0n) is 10.1. The summed E-state index contributed by atoms with van der Waals surface area (Å²) in [6.07, 6.45) is 3.46. The molecule has 0 fully saturated rings. The van der Waals surface area contributed by atoms with E-state index < -0.39 is 0 Å². The Balaban J connectivity index is 2.31. The maximum Gasteiger partial charge on any atom is 0.221 e. The number of methoxy groups -OCH3 is 1. The topological polar surface area (TPSA) is 65.4 Å². The summed E-state index contributed by atoms with van der Waals surface area (Å²) in [5.74, 6) is 1.14. The van der Waals surface area contributed by atoms with Gasteiger partial charge in [0.1, 0.15) is 5.75 Å². The predicted octanol–water partition coefficient (Wildman–Crippen LogP) is 2.43. The molecule has 2 aromatic rings. The zero-order valence-corrected chi connectivity index (χ0v) is 11.7. The number of nitrogen functional groups attached to an aromatic ring is 1. The lowest BCUT2D eigenvalue weighted by molar-refractivity contribution is 0.414. The molecule has 2 N–H and O–H groups in total. The van der Waals surface area contributed by atoms with Crippen LogP contribution in [0.4, 0.5) is 5.95 Å². The van der Waals surface area contributed by atoms with E-state index in [1.54, 1.807) is 19.5 Å². The first kappa shape index (κ1) is 12.6. The van der Waals surface area contributed by atoms with Gasteiger partial charge < -0.3 is 10.5 Å². The first-order chi connectivity index (χ1) is 8.60. The number of anilines is 1. The van der Waals surface area contributed by atoms with Crippen molar-refractivity contribution in [2.24, 2.45) is 5.10 Å². The average Bonchev–Trinajstić information content (AvgIpc) is 2.67. The van der Waals surface area contributed by atoms with Crippen LogP contribution in [-0.4, -0.2) is 23.0 Å². The van der Waals surface area contributed by atoms with Gasteiger partial charge in [0.05, 0.1) is 25.2 Å². The van der Waals surface area contributed by atoms with Crippen molar-refractivity contribution in [1.82, 2.24) is 9.66 Å². The SMILES string of the molecule is COc1ccc(Br)c(C=Nn2cc(C)nc2N)c1. The number of aromatic nitrogens is 2. The van der Waals surface area contributed by atoms with Crippen LogP contribution in [0.3, 0.4) is 0 Å². The van der Waals surface area contributed by atoms with Gasteiger partial charge in [0.15, 0.2) is 0 Å². The van der Waals surface area contributed by atoms with Crippen LogP contribution in [0.5, 0.6) is 5.75 Å². The summed E-state index contributed by atoms with van der Waals surface area (Å²) in [4.78, 5) is 4.07. The van der Waals surface area contributed by atoms with E-state index in [4.69, 9.17) is 10.5 Å². The van der Waals surface area contributed by atoms with Crippen molar-refractivity contribution in [3.8, 4) is 5.75 Å².